The molecule has 0 spiro atoms. The molecule has 0 radical (unpaired) electrons. The van der Waals surface area contributed by atoms with Crippen LogP contribution in [-0.4, -0.2) is 20.9 Å². The van der Waals surface area contributed by atoms with Gasteiger partial charge in [0, 0.05) is 19.5 Å². The van der Waals surface area contributed by atoms with E-state index in [2.05, 4.69) is 10.0 Å². The Bertz CT molecular complexity index is 808. The van der Waals surface area contributed by atoms with Gasteiger partial charge in [0.15, 0.2) is 0 Å². The van der Waals surface area contributed by atoms with E-state index < -0.39 is 10.0 Å². The van der Waals surface area contributed by atoms with Gasteiger partial charge in [-0.15, -0.1) is 0 Å². The molecule has 0 unspecified atom stereocenters. The second kappa shape index (κ2) is 8.03. The Kier molecular flexibility index (Phi) is 6.05. The van der Waals surface area contributed by atoms with Crippen molar-refractivity contribution < 1.29 is 17.6 Å². The van der Waals surface area contributed by atoms with Gasteiger partial charge in [0.25, 0.3) is 0 Å². The molecule has 2 aromatic rings. The molecule has 0 atom stereocenters. The minimum absolute atomic E-state index is 0.000404. The van der Waals surface area contributed by atoms with E-state index in [1.54, 1.807) is 37.3 Å². The van der Waals surface area contributed by atoms with Gasteiger partial charge in [-0.2, -0.15) is 0 Å². The summed E-state index contributed by atoms with van der Waals surface area (Å²) in [4.78, 5) is 11.9. The van der Waals surface area contributed by atoms with Crippen LogP contribution in [-0.2, 0) is 21.4 Å². The largest absolute Gasteiger partial charge is 0.352 e. The summed E-state index contributed by atoms with van der Waals surface area (Å²) in [6, 6.07) is 12.7. The average Bonchev–Trinajstić information content (AvgIpc) is 2.56. The van der Waals surface area contributed by atoms with E-state index in [0.717, 1.165) is 0 Å². The smallest absolute Gasteiger partial charge is 0.240 e. The zero-order valence-corrected chi connectivity index (χ0v) is 14.1. The lowest BCUT2D eigenvalue weighted by molar-refractivity contribution is -0.121. The minimum Gasteiger partial charge on any atom is -0.352 e. The van der Waals surface area contributed by atoms with Gasteiger partial charge in [0.1, 0.15) is 5.82 Å². The number of sulfonamides is 1. The zero-order valence-electron chi connectivity index (χ0n) is 13.3. The van der Waals surface area contributed by atoms with Gasteiger partial charge < -0.3 is 5.32 Å². The molecule has 0 fully saturated rings. The van der Waals surface area contributed by atoms with Gasteiger partial charge in [-0.3, -0.25) is 4.79 Å². The van der Waals surface area contributed by atoms with E-state index in [0.29, 0.717) is 11.1 Å². The molecule has 5 nitrogen and oxygen atoms in total. The number of amides is 1. The number of hydrogen-bond donors (Lipinski definition) is 2. The molecule has 0 saturated carbocycles. The third-order valence-corrected chi connectivity index (χ3v) is 4.90. The molecule has 0 saturated heterocycles. The van der Waals surface area contributed by atoms with E-state index in [9.17, 15) is 17.6 Å². The van der Waals surface area contributed by atoms with E-state index in [1.165, 1.54) is 18.2 Å². The number of rotatable bonds is 7. The maximum absolute atomic E-state index is 13.4. The summed E-state index contributed by atoms with van der Waals surface area (Å²) in [5.41, 5.74) is 1.19. The van der Waals surface area contributed by atoms with Crippen LogP contribution in [0.15, 0.2) is 53.4 Å². The number of carbonyl (C=O) groups is 1. The molecule has 2 aromatic carbocycles. The van der Waals surface area contributed by atoms with Crippen molar-refractivity contribution >= 4 is 15.9 Å². The SMILES string of the molecule is Cc1ccc(CNC(=O)CCNS(=O)(=O)c2ccccc2)cc1F. The van der Waals surface area contributed by atoms with Crippen molar-refractivity contribution in [3.05, 3.63) is 65.5 Å². The average molecular weight is 350 g/mol. The minimum atomic E-state index is -3.61. The molecular weight excluding hydrogens is 331 g/mol. The first-order valence-corrected chi connectivity index (χ1v) is 8.93. The quantitative estimate of drug-likeness (QED) is 0.803. The maximum Gasteiger partial charge on any atom is 0.240 e. The normalized spacial score (nSPS) is 11.2. The summed E-state index contributed by atoms with van der Waals surface area (Å²) < 4.78 is 39.7. The van der Waals surface area contributed by atoms with Gasteiger partial charge in [-0.1, -0.05) is 30.3 Å². The first-order valence-electron chi connectivity index (χ1n) is 7.45. The number of benzene rings is 2. The van der Waals surface area contributed by atoms with Crippen LogP contribution in [0.4, 0.5) is 4.39 Å². The number of hydrogen-bond acceptors (Lipinski definition) is 3. The van der Waals surface area contributed by atoms with Crippen LogP contribution in [0.25, 0.3) is 0 Å². The van der Waals surface area contributed by atoms with Crippen molar-refractivity contribution in [1.29, 1.82) is 0 Å². The Morgan fingerprint density at radius 2 is 1.83 bits per heavy atom. The number of aryl methyl sites for hydroxylation is 1. The van der Waals surface area contributed by atoms with Crippen LogP contribution < -0.4 is 10.0 Å². The number of carbonyl (C=O) groups excluding carboxylic acids is 1. The Morgan fingerprint density at radius 3 is 2.50 bits per heavy atom. The van der Waals surface area contributed by atoms with Crippen LogP contribution in [0.5, 0.6) is 0 Å². The van der Waals surface area contributed by atoms with Gasteiger partial charge in [0.05, 0.1) is 4.90 Å². The Morgan fingerprint density at radius 1 is 1.12 bits per heavy atom. The lowest BCUT2D eigenvalue weighted by atomic mass is 10.1. The zero-order chi connectivity index (χ0) is 17.6. The Labute approximate surface area is 141 Å². The summed E-state index contributed by atoms with van der Waals surface area (Å²) >= 11 is 0. The number of nitrogens with one attached hydrogen (secondary N) is 2. The van der Waals surface area contributed by atoms with Crippen molar-refractivity contribution in [3.63, 3.8) is 0 Å². The molecule has 128 valence electrons. The summed E-state index contributed by atoms with van der Waals surface area (Å²) in [7, 11) is -3.61. The molecule has 0 aliphatic carbocycles. The summed E-state index contributed by atoms with van der Waals surface area (Å²) in [6.07, 6.45) is 0.000404. The highest BCUT2D eigenvalue weighted by Crippen LogP contribution is 2.09. The van der Waals surface area contributed by atoms with E-state index in [1.807, 2.05) is 0 Å². The van der Waals surface area contributed by atoms with Crippen molar-refractivity contribution in [2.75, 3.05) is 6.54 Å². The molecule has 0 aliphatic heterocycles. The van der Waals surface area contributed by atoms with Crippen molar-refractivity contribution in [1.82, 2.24) is 10.0 Å². The van der Waals surface area contributed by atoms with Crippen LogP contribution in [0, 0.1) is 12.7 Å². The third-order valence-electron chi connectivity index (χ3n) is 3.42. The fraction of sp³-hybridized carbons (Fsp3) is 0.235. The summed E-state index contributed by atoms with van der Waals surface area (Å²) in [6.45, 7) is 1.85. The molecule has 0 aromatic heterocycles. The molecular formula is C17H19FN2O3S. The van der Waals surface area contributed by atoms with Gasteiger partial charge >= 0.3 is 0 Å². The molecule has 1 amide bonds. The van der Waals surface area contributed by atoms with Gasteiger partial charge in [-0.05, 0) is 36.2 Å². The molecule has 0 aliphatic rings. The van der Waals surface area contributed by atoms with Crippen LogP contribution >= 0.6 is 0 Å². The molecule has 0 bridgehead atoms. The third kappa shape index (κ3) is 5.14. The molecule has 2 N–H and O–H groups in total. The second-order valence-corrected chi connectivity index (χ2v) is 7.09. The first-order chi connectivity index (χ1) is 11.4. The van der Waals surface area contributed by atoms with Crippen LogP contribution in [0.1, 0.15) is 17.5 Å². The van der Waals surface area contributed by atoms with Crippen molar-refractivity contribution in [2.45, 2.75) is 24.8 Å². The van der Waals surface area contributed by atoms with E-state index in [4.69, 9.17) is 0 Å². The summed E-state index contributed by atoms with van der Waals surface area (Å²) in [5, 5.41) is 2.63. The van der Waals surface area contributed by atoms with Crippen molar-refractivity contribution in [2.24, 2.45) is 0 Å². The highest BCUT2D eigenvalue weighted by molar-refractivity contribution is 7.89. The van der Waals surface area contributed by atoms with E-state index >= 15 is 0 Å². The predicted octanol–water partition coefficient (Wildman–Crippen LogP) is 2.12. The fourth-order valence-corrected chi connectivity index (χ4v) is 3.07. The fourth-order valence-electron chi connectivity index (χ4n) is 2.02. The van der Waals surface area contributed by atoms with E-state index in [-0.39, 0.29) is 36.1 Å². The number of halogens is 1. The van der Waals surface area contributed by atoms with Crippen LogP contribution in [0.2, 0.25) is 0 Å². The maximum atomic E-state index is 13.4. The highest BCUT2D eigenvalue weighted by atomic mass is 32.2. The second-order valence-electron chi connectivity index (χ2n) is 5.32. The topological polar surface area (TPSA) is 75.3 Å². The molecule has 24 heavy (non-hydrogen) atoms. The molecule has 7 heteroatoms. The van der Waals surface area contributed by atoms with Crippen molar-refractivity contribution in [3.8, 4) is 0 Å². The van der Waals surface area contributed by atoms with Gasteiger partial charge in [-0.25, -0.2) is 17.5 Å². The standard InChI is InChI=1S/C17H19FN2O3S/c1-13-7-8-14(11-16(13)18)12-19-17(21)9-10-20-24(22,23)15-5-3-2-4-6-15/h2-8,11,20H,9-10,12H2,1H3,(H,19,21). The molecule has 0 heterocycles. The highest BCUT2D eigenvalue weighted by Gasteiger charge is 2.13. The predicted molar refractivity (Wildman–Crippen MR) is 89.2 cm³/mol. The van der Waals surface area contributed by atoms with Gasteiger partial charge in [0.2, 0.25) is 15.9 Å². The lowest BCUT2D eigenvalue weighted by Gasteiger charge is -2.08. The lowest BCUT2D eigenvalue weighted by Crippen LogP contribution is -2.30. The van der Waals surface area contributed by atoms with Crippen LogP contribution in [0.3, 0.4) is 0 Å². The monoisotopic (exact) mass is 350 g/mol. The Hall–Kier alpha value is -2.25. The first kappa shape index (κ1) is 18.1. The molecule has 2 rings (SSSR count). The summed E-state index contributed by atoms with van der Waals surface area (Å²) in [5.74, 6) is -0.635. The Balaban J connectivity index is 1.78.